The van der Waals surface area contributed by atoms with Gasteiger partial charge in [0.15, 0.2) is 5.82 Å². The summed E-state index contributed by atoms with van der Waals surface area (Å²) < 4.78 is 5.15. The number of nitrogens with zero attached hydrogens (tertiary/aromatic N) is 2. The van der Waals surface area contributed by atoms with Gasteiger partial charge < -0.3 is 4.74 Å². The second-order valence-electron chi connectivity index (χ2n) is 4.00. The van der Waals surface area contributed by atoms with Gasteiger partial charge in [-0.05, 0) is 0 Å². The fourth-order valence-electron chi connectivity index (χ4n) is 1.63. The highest BCUT2D eigenvalue weighted by molar-refractivity contribution is 8.00. The highest BCUT2D eigenvalue weighted by Gasteiger charge is 2.20. The van der Waals surface area contributed by atoms with Crippen molar-refractivity contribution in [3.63, 3.8) is 0 Å². The summed E-state index contributed by atoms with van der Waals surface area (Å²) in [6.45, 7) is 1.57. The van der Waals surface area contributed by atoms with Crippen molar-refractivity contribution in [3.8, 4) is 11.4 Å². The number of rotatable bonds is 3. The molecular weight excluding hydrogens is 268 g/mol. The van der Waals surface area contributed by atoms with Crippen molar-refractivity contribution < 1.29 is 4.74 Å². The van der Waals surface area contributed by atoms with Crippen molar-refractivity contribution >= 4 is 23.4 Å². The molecule has 0 N–H and O–H groups in total. The predicted molar refractivity (Wildman–Crippen MR) is 72.9 cm³/mol. The minimum atomic E-state index is 0.478. The number of ether oxygens (including phenoxy) is 1. The summed E-state index contributed by atoms with van der Waals surface area (Å²) >= 11 is 7.74. The number of hydrogen-bond acceptors (Lipinski definition) is 4. The van der Waals surface area contributed by atoms with Crippen LogP contribution in [-0.4, -0.2) is 28.4 Å². The molecule has 1 aromatic heterocycles. The predicted octanol–water partition coefficient (Wildman–Crippen LogP) is 3.29. The lowest BCUT2D eigenvalue weighted by molar-refractivity contribution is 0.0454. The Labute approximate surface area is 115 Å². The zero-order valence-electron chi connectivity index (χ0n) is 9.54. The lowest BCUT2D eigenvalue weighted by Gasteiger charge is -2.24. The molecule has 1 fully saturated rings. The van der Waals surface area contributed by atoms with E-state index < -0.39 is 0 Å². The van der Waals surface area contributed by atoms with Crippen LogP contribution < -0.4 is 0 Å². The van der Waals surface area contributed by atoms with Crippen molar-refractivity contribution in [2.24, 2.45) is 0 Å². The van der Waals surface area contributed by atoms with E-state index >= 15 is 0 Å². The fraction of sp³-hybridized carbons (Fsp3) is 0.231. The summed E-state index contributed by atoms with van der Waals surface area (Å²) in [5.74, 6) is 0.672. The van der Waals surface area contributed by atoms with Gasteiger partial charge in [-0.15, -0.1) is 0 Å². The zero-order chi connectivity index (χ0) is 12.4. The second kappa shape index (κ2) is 5.26. The molecule has 0 radical (unpaired) electrons. The number of halogens is 1. The summed E-state index contributed by atoms with van der Waals surface area (Å²) in [6, 6.07) is 11.7. The molecule has 0 atom stereocenters. The van der Waals surface area contributed by atoms with Crippen LogP contribution in [0, 0.1) is 0 Å². The fourth-order valence-corrected chi connectivity index (χ4v) is 2.86. The molecule has 1 saturated heterocycles. The van der Waals surface area contributed by atoms with Gasteiger partial charge in [0, 0.05) is 11.6 Å². The molecule has 2 aromatic rings. The highest BCUT2D eigenvalue weighted by atomic mass is 35.5. The number of benzene rings is 1. The van der Waals surface area contributed by atoms with Gasteiger partial charge in [0.25, 0.3) is 0 Å². The Morgan fingerprint density at radius 1 is 1.17 bits per heavy atom. The van der Waals surface area contributed by atoms with E-state index in [1.54, 1.807) is 17.8 Å². The van der Waals surface area contributed by atoms with Crippen molar-refractivity contribution in [2.75, 3.05) is 13.2 Å². The van der Waals surface area contributed by atoms with Crippen LogP contribution in [0.2, 0.25) is 5.15 Å². The zero-order valence-corrected chi connectivity index (χ0v) is 11.1. The summed E-state index contributed by atoms with van der Waals surface area (Å²) in [4.78, 5) is 8.80. The summed E-state index contributed by atoms with van der Waals surface area (Å²) in [7, 11) is 0. The Hall–Kier alpha value is -1.10. The molecule has 0 spiro atoms. The first-order chi connectivity index (χ1) is 8.81. The van der Waals surface area contributed by atoms with E-state index in [-0.39, 0.29) is 0 Å². The Bertz CT molecular complexity index is 546. The summed E-state index contributed by atoms with van der Waals surface area (Å²) in [6.07, 6.45) is 0. The quantitative estimate of drug-likeness (QED) is 0.807. The van der Waals surface area contributed by atoms with Crippen LogP contribution in [0.5, 0.6) is 0 Å². The van der Waals surface area contributed by atoms with Gasteiger partial charge in [0.2, 0.25) is 0 Å². The van der Waals surface area contributed by atoms with E-state index in [2.05, 4.69) is 9.97 Å². The van der Waals surface area contributed by atoms with Crippen LogP contribution >= 0.6 is 23.4 Å². The largest absolute Gasteiger partial charge is 0.379 e. The number of hydrogen-bond donors (Lipinski definition) is 0. The molecule has 0 unspecified atom stereocenters. The van der Waals surface area contributed by atoms with Crippen molar-refractivity contribution in [1.29, 1.82) is 0 Å². The van der Waals surface area contributed by atoms with Gasteiger partial charge in [-0.25, -0.2) is 9.97 Å². The lowest BCUT2D eigenvalue weighted by atomic mass is 10.2. The lowest BCUT2D eigenvalue weighted by Crippen LogP contribution is -2.30. The Kier molecular flexibility index (Phi) is 3.50. The molecule has 3 rings (SSSR count). The maximum atomic E-state index is 6.05. The van der Waals surface area contributed by atoms with Crippen LogP contribution in [0.1, 0.15) is 0 Å². The molecule has 5 heteroatoms. The number of thioether (sulfide) groups is 1. The third kappa shape index (κ3) is 2.66. The van der Waals surface area contributed by atoms with Crippen LogP contribution in [0.4, 0.5) is 0 Å². The summed E-state index contributed by atoms with van der Waals surface area (Å²) in [5, 5.41) is 1.87. The van der Waals surface area contributed by atoms with Crippen molar-refractivity contribution in [2.45, 2.75) is 10.3 Å². The minimum Gasteiger partial charge on any atom is -0.379 e. The molecule has 0 amide bonds. The molecular formula is C13H11ClN2OS. The first-order valence-corrected chi connectivity index (χ1v) is 6.91. The van der Waals surface area contributed by atoms with Crippen LogP contribution in [0.15, 0.2) is 41.4 Å². The van der Waals surface area contributed by atoms with E-state index in [1.807, 2.05) is 30.3 Å². The SMILES string of the molecule is Clc1cc(SC2COC2)nc(-c2ccccc2)n1. The number of aromatic nitrogens is 2. The first-order valence-electron chi connectivity index (χ1n) is 5.66. The van der Waals surface area contributed by atoms with E-state index in [9.17, 15) is 0 Å². The molecule has 0 aliphatic carbocycles. The van der Waals surface area contributed by atoms with Crippen LogP contribution in [0.25, 0.3) is 11.4 Å². The standard InChI is InChI=1S/C13H11ClN2OS/c14-11-6-12(18-10-7-17-8-10)16-13(15-11)9-4-2-1-3-5-9/h1-6,10H,7-8H2. The minimum absolute atomic E-state index is 0.478. The molecule has 2 heterocycles. The summed E-state index contributed by atoms with van der Waals surface area (Å²) in [5.41, 5.74) is 0.978. The van der Waals surface area contributed by atoms with Crippen molar-refractivity contribution in [1.82, 2.24) is 9.97 Å². The average molecular weight is 279 g/mol. The Morgan fingerprint density at radius 2 is 1.94 bits per heavy atom. The first kappa shape index (κ1) is 12.0. The van der Waals surface area contributed by atoms with Gasteiger partial charge in [0.1, 0.15) is 10.2 Å². The van der Waals surface area contributed by atoms with E-state index in [0.717, 1.165) is 23.8 Å². The molecule has 0 bridgehead atoms. The monoisotopic (exact) mass is 278 g/mol. The van der Waals surface area contributed by atoms with Gasteiger partial charge in [-0.2, -0.15) is 0 Å². The Morgan fingerprint density at radius 3 is 2.61 bits per heavy atom. The maximum absolute atomic E-state index is 6.05. The van der Waals surface area contributed by atoms with Gasteiger partial charge in [-0.1, -0.05) is 53.7 Å². The Balaban J connectivity index is 1.90. The molecule has 92 valence electrons. The molecule has 0 saturated carbocycles. The third-order valence-electron chi connectivity index (χ3n) is 2.60. The smallest absolute Gasteiger partial charge is 0.162 e. The maximum Gasteiger partial charge on any atom is 0.162 e. The second-order valence-corrected chi connectivity index (χ2v) is 5.70. The molecule has 3 nitrogen and oxygen atoms in total. The molecule has 1 aromatic carbocycles. The van der Waals surface area contributed by atoms with E-state index in [1.165, 1.54) is 0 Å². The van der Waals surface area contributed by atoms with Gasteiger partial charge in [0.05, 0.1) is 18.5 Å². The molecule has 18 heavy (non-hydrogen) atoms. The third-order valence-corrected chi connectivity index (χ3v) is 3.85. The van der Waals surface area contributed by atoms with Crippen LogP contribution in [0.3, 0.4) is 0 Å². The highest BCUT2D eigenvalue weighted by Crippen LogP contribution is 2.29. The van der Waals surface area contributed by atoms with Crippen molar-refractivity contribution in [3.05, 3.63) is 41.6 Å². The average Bonchev–Trinajstić information content (AvgIpc) is 2.34. The topological polar surface area (TPSA) is 35.0 Å². The molecule has 1 aliphatic heterocycles. The van der Waals surface area contributed by atoms with E-state index in [0.29, 0.717) is 16.2 Å². The van der Waals surface area contributed by atoms with Gasteiger partial charge in [-0.3, -0.25) is 0 Å². The normalized spacial score (nSPS) is 15.4. The van der Waals surface area contributed by atoms with Crippen LogP contribution in [-0.2, 0) is 4.74 Å². The molecule has 1 aliphatic rings. The van der Waals surface area contributed by atoms with Gasteiger partial charge >= 0.3 is 0 Å². The van der Waals surface area contributed by atoms with E-state index in [4.69, 9.17) is 16.3 Å².